The second kappa shape index (κ2) is 6.52. The molecule has 0 radical (unpaired) electrons. The van der Waals surface area contributed by atoms with E-state index in [1.807, 2.05) is 0 Å². The van der Waals surface area contributed by atoms with Gasteiger partial charge in [0.1, 0.15) is 5.82 Å². The van der Waals surface area contributed by atoms with Crippen LogP contribution in [0.1, 0.15) is 24.4 Å². The molecule has 6 heteroatoms. The predicted octanol–water partition coefficient (Wildman–Crippen LogP) is 2.12. The van der Waals surface area contributed by atoms with Crippen LogP contribution in [0.5, 0.6) is 0 Å². The summed E-state index contributed by atoms with van der Waals surface area (Å²) in [6, 6.07) is 3.69. The van der Waals surface area contributed by atoms with Crippen molar-refractivity contribution in [2.75, 3.05) is 20.3 Å². The van der Waals surface area contributed by atoms with Gasteiger partial charge in [-0.1, -0.05) is 11.6 Å². The summed E-state index contributed by atoms with van der Waals surface area (Å²) < 4.78 is 18.6. The van der Waals surface area contributed by atoms with Gasteiger partial charge in [0.05, 0.1) is 12.6 Å². The molecule has 0 saturated carbocycles. The summed E-state index contributed by atoms with van der Waals surface area (Å²) in [5.41, 5.74) is 6.77. The van der Waals surface area contributed by atoms with Gasteiger partial charge < -0.3 is 15.4 Å². The Morgan fingerprint density at radius 1 is 1.50 bits per heavy atom. The molecule has 1 aromatic carbocycles. The average molecular weight is 301 g/mol. The summed E-state index contributed by atoms with van der Waals surface area (Å²) in [6.45, 7) is 0.847. The van der Waals surface area contributed by atoms with Gasteiger partial charge in [-0.2, -0.15) is 0 Å². The van der Waals surface area contributed by atoms with Crippen molar-refractivity contribution in [1.82, 2.24) is 4.90 Å². The number of hydrogen-bond acceptors (Lipinski definition) is 3. The second-order valence-electron chi connectivity index (χ2n) is 4.93. The Bertz CT molecular complexity index is 478. The van der Waals surface area contributed by atoms with Gasteiger partial charge in [-0.25, -0.2) is 4.39 Å². The topological polar surface area (TPSA) is 55.6 Å². The van der Waals surface area contributed by atoms with Crippen molar-refractivity contribution in [3.05, 3.63) is 34.6 Å². The molecule has 1 aliphatic heterocycles. The molecule has 2 rings (SSSR count). The molecule has 1 aromatic rings. The highest BCUT2D eigenvalue weighted by Gasteiger charge is 2.34. The molecule has 0 aromatic heterocycles. The van der Waals surface area contributed by atoms with E-state index >= 15 is 0 Å². The number of benzene rings is 1. The van der Waals surface area contributed by atoms with Gasteiger partial charge in [-0.05, 0) is 30.2 Å². The van der Waals surface area contributed by atoms with Gasteiger partial charge >= 0.3 is 0 Å². The van der Waals surface area contributed by atoms with Crippen molar-refractivity contribution < 1.29 is 13.9 Å². The van der Waals surface area contributed by atoms with Crippen molar-refractivity contribution in [3.63, 3.8) is 0 Å². The summed E-state index contributed by atoms with van der Waals surface area (Å²) in [5.74, 6) is -0.418. The standard InChI is InChI=1S/C14H18ClFN2O2/c1-20-5-4-18-13(19)3-2-12(17)14(18)9-6-10(15)8-11(16)7-9/h6-8,12,14H,2-5,17H2,1H3. The largest absolute Gasteiger partial charge is 0.383 e. The van der Waals surface area contributed by atoms with Crippen LogP contribution in [0.4, 0.5) is 4.39 Å². The number of ether oxygens (including phenoxy) is 1. The molecular weight excluding hydrogens is 283 g/mol. The van der Waals surface area contributed by atoms with Crippen LogP contribution in [0.15, 0.2) is 18.2 Å². The maximum atomic E-state index is 13.5. The van der Waals surface area contributed by atoms with E-state index in [0.29, 0.717) is 36.6 Å². The molecule has 20 heavy (non-hydrogen) atoms. The molecule has 0 aliphatic carbocycles. The van der Waals surface area contributed by atoms with Gasteiger partial charge in [0, 0.05) is 31.1 Å². The van der Waals surface area contributed by atoms with E-state index in [9.17, 15) is 9.18 Å². The quantitative estimate of drug-likeness (QED) is 0.926. The van der Waals surface area contributed by atoms with Crippen LogP contribution in [-0.2, 0) is 9.53 Å². The average Bonchev–Trinajstić information content (AvgIpc) is 2.38. The number of methoxy groups -OCH3 is 1. The fourth-order valence-corrected chi connectivity index (χ4v) is 2.83. The third kappa shape index (κ3) is 3.29. The number of carbonyl (C=O) groups is 1. The molecule has 110 valence electrons. The lowest BCUT2D eigenvalue weighted by Gasteiger charge is -2.40. The lowest BCUT2D eigenvalue weighted by atomic mass is 9.90. The molecule has 4 nitrogen and oxygen atoms in total. The number of nitrogens with two attached hydrogens (primary N) is 1. The molecule has 1 heterocycles. The Morgan fingerprint density at radius 3 is 2.90 bits per heavy atom. The zero-order valence-corrected chi connectivity index (χ0v) is 12.1. The van der Waals surface area contributed by atoms with Gasteiger partial charge in [0.15, 0.2) is 0 Å². The normalized spacial score (nSPS) is 23.2. The van der Waals surface area contributed by atoms with Crippen LogP contribution < -0.4 is 5.73 Å². The number of likely N-dealkylation sites (tertiary alicyclic amines) is 1. The Morgan fingerprint density at radius 2 is 2.25 bits per heavy atom. The summed E-state index contributed by atoms with van der Waals surface area (Å²) in [5, 5.41) is 0.303. The van der Waals surface area contributed by atoms with E-state index in [1.165, 1.54) is 12.1 Å². The van der Waals surface area contributed by atoms with Crippen LogP contribution in [-0.4, -0.2) is 37.1 Å². The highest BCUT2D eigenvalue weighted by atomic mass is 35.5. The fourth-order valence-electron chi connectivity index (χ4n) is 2.60. The molecule has 0 spiro atoms. The lowest BCUT2D eigenvalue weighted by Crippen LogP contribution is -2.49. The molecule has 1 aliphatic rings. The van der Waals surface area contributed by atoms with E-state index in [1.54, 1.807) is 18.1 Å². The Balaban J connectivity index is 2.33. The van der Waals surface area contributed by atoms with Crippen LogP contribution in [0.25, 0.3) is 0 Å². The highest BCUT2D eigenvalue weighted by molar-refractivity contribution is 6.30. The Kier molecular flexibility index (Phi) is 4.96. The number of rotatable bonds is 4. The third-order valence-corrected chi connectivity index (χ3v) is 3.73. The Labute approximate surface area is 122 Å². The first-order chi connectivity index (χ1) is 9.52. The Hall–Kier alpha value is -1.17. The second-order valence-corrected chi connectivity index (χ2v) is 5.37. The first-order valence-electron chi connectivity index (χ1n) is 6.53. The zero-order valence-electron chi connectivity index (χ0n) is 11.3. The summed E-state index contributed by atoms with van der Waals surface area (Å²) >= 11 is 5.90. The van der Waals surface area contributed by atoms with E-state index in [2.05, 4.69) is 0 Å². The fraction of sp³-hybridized carbons (Fsp3) is 0.500. The van der Waals surface area contributed by atoms with Gasteiger partial charge in [0.25, 0.3) is 0 Å². The summed E-state index contributed by atoms with van der Waals surface area (Å²) in [4.78, 5) is 13.7. The van der Waals surface area contributed by atoms with E-state index in [4.69, 9.17) is 22.1 Å². The van der Waals surface area contributed by atoms with E-state index < -0.39 is 5.82 Å². The first kappa shape index (κ1) is 15.2. The van der Waals surface area contributed by atoms with Gasteiger partial charge in [-0.3, -0.25) is 4.79 Å². The molecule has 2 atom stereocenters. The first-order valence-corrected chi connectivity index (χ1v) is 6.90. The highest BCUT2D eigenvalue weighted by Crippen LogP contribution is 2.32. The number of piperidine rings is 1. The van der Waals surface area contributed by atoms with Crippen LogP contribution in [0.3, 0.4) is 0 Å². The minimum atomic E-state index is -0.426. The van der Waals surface area contributed by atoms with E-state index in [-0.39, 0.29) is 18.0 Å². The van der Waals surface area contributed by atoms with Crippen molar-refractivity contribution in [2.24, 2.45) is 5.73 Å². The number of hydrogen-bond donors (Lipinski definition) is 1. The molecule has 2 unspecified atom stereocenters. The van der Waals surface area contributed by atoms with Crippen molar-refractivity contribution in [1.29, 1.82) is 0 Å². The van der Waals surface area contributed by atoms with Crippen LogP contribution in [0.2, 0.25) is 5.02 Å². The molecular formula is C14H18ClFN2O2. The van der Waals surface area contributed by atoms with Crippen LogP contribution in [0, 0.1) is 5.82 Å². The molecule has 1 saturated heterocycles. The maximum Gasteiger partial charge on any atom is 0.223 e. The minimum absolute atomic E-state index is 0.00846. The van der Waals surface area contributed by atoms with E-state index in [0.717, 1.165) is 0 Å². The number of halogens is 2. The number of carbonyl (C=O) groups excluding carboxylic acids is 1. The van der Waals surface area contributed by atoms with Crippen LogP contribution >= 0.6 is 11.6 Å². The van der Waals surface area contributed by atoms with Crippen molar-refractivity contribution in [3.8, 4) is 0 Å². The van der Waals surface area contributed by atoms with Crippen molar-refractivity contribution >= 4 is 17.5 Å². The smallest absolute Gasteiger partial charge is 0.223 e. The van der Waals surface area contributed by atoms with Crippen molar-refractivity contribution in [2.45, 2.75) is 24.9 Å². The van der Waals surface area contributed by atoms with Gasteiger partial charge in [-0.15, -0.1) is 0 Å². The monoisotopic (exact) mass is 300 g/mol. The number of amides is 1. The molecule has 0 bridgehead atoms. The maximum absolute atomic E-state index is 13.5. The number of nitrogens with zero attached hydrogens (tertiary/aromatic N) is 1. The third-order valence-electron chi connectivity index (χ3n) is 3.52. The zero-order chi connectivity index (χ0) is 14.7. The molecule has 1 fully saturated rings. The minimum Gasteiger partial charge on any atom is -0.383 e. The molecule has 1 amide bonds. The summed E-state index contributed by atoms with van der Waals surface area (Å²) in [7, 11) is 1.57. The summed E-state index contributed by atoms with van der Waals surface area (Å²) in [6.07, 6.45) is 0.992. The molecule has 2 N–H and O–H groups in total. The van der Waals surface area contributed by atoms with Gasteiger partial charge in [0.2, 0.25) is 5.91 Å². The predicted molar refractivity (Wildman–Crippen MR) is 74.9 cm³/mol. The lowest BCUT2D eigenvalue weighted by molar-refractivity contribution is -0.138. The SMILES string of the molecule is COCCN1C(=O)CCC(N)C1c1cc(F)cc(Cl)c1.